The molecule has 1 aliphatic carbocycles. The fourth-order valence-corrected chi connectivity index (χ4v) is 1.44. The number of hydrogen-bond acceptors (Lipinski definition) is 2. The Morgan fingerprint density at radius 2 is 2.38 bits per heavy atom. The number of H-pyrrole nitrogens is 1. The van der Waals surface area contributed by atoms with E-state index >= 15 is 0 Å². The lowest BCUT2D eigenvalue weighted by Crippen LogP contribution is -2.22. The van der Waals surface area contributed by atoms with Crippen LogP contribution in [0.1, 0.15) is 31.2 Å². The Hall–Kier alpha value is -0.830. The molecule has 0 radical (unpaired) electrons. The first-order valence-corrected chi connectivity index (χ1v) is 4.89. The molecule has 0 unspecified atom stereocenters. The van der Waals surface area contributed by atoms with Crippen molar-refractivity contribution in [2.45, 2.75) is 33.2 Å². The third-order valence-electron chi connectivity index (χ3n) is 2.88. The molecule has 2 N–H and O–H groups in total. The molecule has 0 saturated heterocycles. The van der Waals surface area contributed by atoms with Crippen LogP contribution in [0.2, 0.25) is 0 Å². The highest BCUT2D eigenvalue weighted by atomic mass is 15.0. The van der Waals surface area contributed by atoms with Gasteiger partial charge in [0.25, 0.3) is 0 Å². The SMILES string of the molecule is Cc1[nH]cnc1CNCC1(C)CC1. The first kappa shape index (κ1) is 8.75. The van der Waals surface area contributed by atoms with Crippen molar-refractivity contribution in [3.8, 4) is 0 Å². The molecule has 0 aliphatic heterocycles. The summed E-state index contributed by atoms with van der Waals surface area (Å²) in [4.78, 5) is 7.32. The second-order valence-electron chi connectivity index (χ2n) is 4.39. The largest absolute Gasteiger partial charge is 0.348 e. The smallest absolute Gasteiger partial charge is 0.0925 e. The zero-order chi connectivity index (χ0) is 9.31. The van der Waals surface area contributed by atoms with Crippen molar-refractivity contribution in [2.75, 3.05) is 6.54 Å². The fourth-order valence-electron chi connectivity index (χ4n) is 1.44. The Morgan fingerprint density at radius 3 is 2.92 bits per heavy atom. The highest BCUT2D eigenvalue weighted by Crippen LogP contribution is 2.44. The summed E-state index contributed by atoms with van der Waals surface area (Å²) < 4.78 is 0. The normalized spacial score (nSPS) is 18.9. The maximum absolute atomic E-state index is 4.24. The van der Waals surface area contributed by atoms with Crippen molar-refractivity contribution in [3.05, 3.63) is 17.7 Å². The molecule has 72 valence electrons. The molecule has 3 nitrogen and oxygen atoms in total. The van der Waals surface area contributed by atoms with Crippen LogP contribution in [0.4, 0.5) is 0 Å². The number of aromatic amines is 1. The second-order valence-corrected chi connectivity index (χ2v) is 4.39. The van der Waals surface area contributed by atoms with Crippen LogP contribution in [0.15, 0.2) is 6.33 Å². The van der Waals surface area contributed by atoms with Gasteiger partial charge in [-0.05, 0) is 25.2 Å². The number of aromatic nitrogens is 2. The van der Waals surface area contributed by atoms with Gasteiger partial charge in [0.15, 0.2) is 0 Å². The molecular weight excluding hydrogens is 162 g/mol. The Balaban J connectivity index is 1.77. The molecule has 1 saturated carbocycles. The molecule has 1 aliphatic rings. The van der Waals surface area contributed by atoms with Crippen LogP contribution >= 0.6 is 0 Å². The summed E-state index contributed by atoms with van der Waals surface area (Å²) in [6.07, 6.45) is 4.50. The topological polar surface area (TPSA) is 40.7 Å². The maximum atomic E-state index is 4.24. The average molecular weight is 179 g/mol. The van der Waals surface area contributed by atoms with Crippen molar-refractivity contribution >= 4 is 0 Å². The standard InChI is InChI=1S/C10H17N3/c1-8-9(13-7-12-8)5-11-6-10(2)3-4-10/h7,11H,3-6H2,1-2H3,(H,12,13). The average Bonchev–Trinajstić information content (AvgIpc) is 2.68. The van der Waals surface area contributed by atoms with E-state index in [2.05, 4.69) is 29.1 Å². The predicted octanol–water partition coefficient (Wildman–Crippen LogP) is 1.61. The Bertz CT molecular complexity index is 286. The zero-order valence-corrected chi connectivity index (χ0v) is 8.35. The number of hydrogen-bond donors (Lipinski definition) is 2. The molecule has 1 heterocycles. The molecule has 0 spiro atoms. The molecule has 13 heavy (non-hydrogen) atoms. The minimum Gasteiger partial charge on any atom is -0.348 e. The van der Waals surface area contributed by atoms with Crippen LogP contribution in [0.25, 0.3) is 0 Å². The summed E-state index contributed by atoms with van der Waals surface area (Å²) in [6.45, 7) is 6.41. The van der Waals surface area contributed by atoms with Gasteiger partial charge in [0.2, 0.25) is 0 Å². The quantitative estimate of drug-likeness (QED) is 0.737. The Kier molecular flexibility index (Phi) is 2.12. The number of rotatable bonds is 4. The van der Waals surface area contributed by atoms with Crippen LogP contribution < -0.4 is 5.32 Å². The molecule has 2 rings (SSSR count). The predicted molar refractivity (Wildman–Crippen MR) is 52.4 cm³/mol. The monoisotopic (exact) mass is 179 g/mol. The van der Waals surface area contributed by atoms with Gasteiger partial charge in [0.1, 0.15) is 0 Å². The fraction of sp³-hybridized carbons (Fsp3) is 0.700. The molecule has 1 aromatic heterocycles. The Morgan fingerprint density at radius 1 is 1.62 bits per heavy atom. The zero-order valence-electron chi connectivity index (χ0n) is 8.35. The van der Waals surface area contributed by atoms with Gasteiger partial charge < -0.3 is 10.3 Å². The molecule has 0 aromatic carbocycles. The summed E-state index contributed by atoms with van der Waals surface area (Å²) in [6, 6.07) is 0. The van der Waals surface area contributed by atoms with Crippen molar-refractivity contribution in [2.24, 2.45) is 5.41 Å². The molecule has 0 amide bonds. The lowest BCUT2D eigenvalue weighted by atomic mass is 10.1. The van der Waals surface area contributed by atoms with Crippen molar-refractivity contribution in [1.82, 2.24) is 15.3 Å². The minimum absolute atomic E-state index is 0.588. The van der Waals surface area contributed by atoms with Crippen LogP contribution in [0, 0.1) is 12.3 Å². The molecule has 0 atom stereocenters. The molecule has 3 heteroatoms. The van der Waals surface area contributed by atoms with E-state index in [0.29, 0.717) is 5.41 Å². The van der Waals surface area contributed by atoms with Gasteiger partial charge in [-0.1, -0.05) is 6.92 Å². The van der Waals surface area contributed by atoms with Gasteiger partial charge in [0.05, 0.1) is 12.0 Å². The summed E-state index contributed by atoms with van der Waals surface area (Å²) in [5.41, 5.74) is 2.90. The first-order chi connectivity index (χ1) is 6.20. The lowest BCUT2D eigenvalue weighted by Gasteiger charge is -2.08. The first-order valence-electron chi connectivity index (χ1n) is 4.89. The van der Waals surface area contributed by atoms with Crippen LogP contribution in [-0.4, -0.2) is 16.5 Å². The number of aryl methyl sites for hydroxylation is 1. The molecular formula is C10H17N3. The highest BCUT2D eigenvalue weighted by molar-refractivity contribution is 5.08. The highest BCUT2D eigenvalue weighted by Gasteiger charge is 2.36. The van der Waals surface area contributed by atoms with E-state index in [0.717, 1.165) is 18.8 Å². The van der Waals surface area contributed by atoms with Gasteiger partial charge in [-0.15, -0.1) is 0 Å². The third kappa shape index (κ3) is 2.10. The van der Waals surface area contributed by atoms with Crippen molar-refractivity contribution in [1.29, 1.82) is 0 Å². The molecule has 1 fully saturated rings. The van der Waals surface area contributed by atoms with E-state index < -0.39 is 0 Å². The summed E-state index contributed by atoms with van der Waals surface area (Å²) in [7, 11) is 0. The number of nitrogens with zero attached hydrogens (tertiary/aromatic N) is 1. The third-order valence-corrected chi connectivity index (χ3v) is 2.88. The van der Waals surface area contributed by atoms with E-state index in [9.17, 15) is 0 Å². The molecule has 1 aromatic rings. The van der Waals surface area contributed by atoms with Gasteiger partial charge in [-0.2, -0.15) is 0 Å². The van der Waals surface area contributed by atoms with Crippen LogP contribution in [0.5, 0.6) is 0 Å². The summed E-state index contributed by atoms with van der Waals surface area (Å²) in [5.74, 6) is 0. The summed E-state index contributed by atoms with van der Waals surface area (Å²) in [5, 5.41) is 3.45. The number of nitrogens with one attached hydrogen (secondary N) is 2. The van der Waals surface area contributed by atoms with Crippen LogP contribution in [0.3, 0.4) is 0 Å². The van der Waals surface area contributed by atoms with Gasteiger partial charge in [-0.25, -0.2) is 4.98 Å². The van der Waals surface area contributed by atoms with Crippen LogP contribution in [-0.2, 0) is 6.54 Å². The lowest BCUT2D eigenvalue weighted by molar-refractivity contribution is 0.496. The van der Waals surface area contributed by atoms with Crippen molar-refractivity contribution < 1.29 is 0 Å². The molecule has 0 bridgehead atoms. The van der Waals surface area contributed by atoms with Gasteiger partial charge >= 0.3 is 0 Å². The second kappa shape index (κ2) is 3.14. The van der Waals surface area contributed by atoms with Crippen molar-refractivity contribution in [3.63, 3.8) is 0 Å². The maximum Gasteiger partial charge on any atom is 0.0925 e. The van der Waals surface area contributed by atoms with Gasteiger partial charge in [0, 0.05) is 18.8 Å². The van der Waals surface area contributed by atoms with Gasteiger partial charge in [-0.3, -0.25) is 0 Å². The van der Waals surface area contributed by atoms with E-state index in [1.54, 1.807) is 6.33 Å². The van der Waals surface area contributed by atoms with E-state index in [4.69, 9.17) is 0 Å². The Labute approximate surface area is 79.0 Å². The number of imidazole rings is 1. The van der Waals surface area contributed by atoms with E-state index in [-0.39, 0.29) is 0 Å². The minimum atomic E-state index is 0.588. The van der Waals surface area contributed by atoms with E-state index in [1.807, 2.05) is 0 Å². The summed E-state index contributed by atoms with van der Waals surface area (Å²) >= 11 is 0. The van der Waals surface area contributed by atoms with E-state index in [1.165, 1.54) is 18.5 Å².